The molecule has 0 fully saturated rings. The molecule has 0 atom stereocenters. The van der Waals surface area contributed by atoms with Gasteiger partial charge in [-0.3, -0.25) is 0 Å². The molecule has 0 saturated heterocycles. The third-order valence-corrected chi connectivity index (χ3v) is 11.1. The van der Waals surface area contributed by atoms with Crippen molar-refractivity contribution >= 4 is 43.6 Å². The summed E-state index contributed by atoms with van der Waals surface area (Å²) < 4.78 is 0. The van der Waals surface area contributed by atoms with Crippen molar-refractivity contribution in [3.8, 4) is 91.9 Å². The fourth-order valence-corrected chi connectivity index (χ4v) is 8.23. The Balaban J connectivity index is 1.12. The van der Waals surface area contributed by atoms with Gasteiger partial charge in [-0.25, -0.2) is 0 Å². The average molecular weight is 731 g/mol. The van der Waals surface area contributed by atoms with Gasteiger partial charge in [-0.15, -0.1) is 0 Å². The first-order valence-corrected chi connectivity index (χ1v) is 19.3. The van der Waals surface area contributed by atoms with E-state index in [0.717, 1.165) is 110 Å². The lowest BCUT2D eigenvalue weighted by Crippen LogP contribution is -1.86. The van der Waals surface area contributed by atoms with Crippen LogP contribution in [0, 0.1) is 47.4 Å². The predicted octanol–water partition coefficient (Wildman–Crippen LogP) is 12.7. The molecule has 0 saturated carbocycles. The molecular formula is C56H30N2. The summed E-state index contributed by atoms with van der Waals surface area (Å²) in [5, 5.41) is 4.61. The van der Waals surface area contributed by atoms with Crippen LogP contribution >= 0.6 is 0 Å². The summed E-state index contributed by atoms with van der Waals surface area (Å²) in [7, 11) is 0. The average Bonchev–Trinajstić information content (AvgIpc) is 3.83. The number of H-pyrrole nitrogens is 2. The SMILES string of the molecule is C1#Cc2ccccc2-c2ccc3[nH]c4ccc(cc4c3c2)-c2ccccc2C#CC#Cc2ccccc2-c2ccc3[nH]c4ccc(cc4c3c2)-c2ccccc2C#C1. The lowest BCUT2D eigenvalue weighted by molar-refractivity contribution is 1.53. The molecule has 11 rings (SSSR count). The molecule has 264 valence electrons. The Labute approximate surface area is 336 Å². The molecule has 0 amide bonds. The number of aromatic amines is 2. The maximum Gasteiger partial charge on any atom is 0.0465 e. The first-order chi connectivity index (χ1) is 28.7. The first-order valence-electron chi connectivity index (χ1n) is 19.3. The van der Waals surface area contributed by atoms with Crippen molar-refractivity contribution < 1.29 is 0 Å². The van der Waals surface area contributed by atoms with Crippen LogP contribution in [-0.2, 0) is 0 Å². The molecular weight excluding hydrogens is 701 g/mol. The van der Waals surface area contributed by atoms with Crippen LogP contribution in [0.25, 0.3) is 88.1 Å². The van der Waals surface area contributed by atoms with Gasteiger partial charge in [0.05, 0.1) is 0 Å². The summed E-state index contributed by atoms with van der Waals surface area (Å²) in [4.78, 5) is 7.25. The Bertz CT molecular complexity index is 3120. The monoisotopic (exact) mass is 730 g/mol. The summed E-state index contributed by atoms with van der Waals surface area (Å²) in [6.07, 6.45) is 0. The zero-order valence-corrected chi connectivity index (χ0v) is 31.2. The molecule has 2 N–H and O–H groups in total. The highest BCUT2D eigenvalue weighted by atomic mass is 14.7. The summed E-state index contributed by atoms with van der Waals surface area (Å²) in [6, 6.07) is 59.5. The summed E-state index contributed by atoms with van der Waals surface area (Å²) in [5.74, 6) is 26.2. The van der Waals surface area contributed by atoms with Crippen molar-refractivity contribution in [2.45, 2.75) is 0 Å². The second kappa shape index (κ2) is 13.7. The minimum atomic E-state index is 0.931. The number of aromatic nitrogens is 2. The highest BCUT2D eigenvalue weighted by Gasteiger charge is 2.13. The number of fused-ring (bicyclic) bond motifs is 12. The zero-order chi connectivity index (χ0) is 38.4. The van der Waals surface area contributed by atoms with Crippen LogP contribution in [0.4, 0.5) is 0 Å². The highest BCUT2D eigenvalue weighted by molar-refractivity contribution is 6.11. The van der Waals surface area contributed by atoms with Gasteiger partial charge in [0.25, 0.3) is 0 Å². The standard InChI is InChI=1S/C56H30N2/c1-2-14-38-18-6-10-22-46(38)42-26-30-54-50(34-42)52-36-44(28-32-56(52)58-54)48-24-12-8-20-40(48)16-4-3-15-39-19-7-11-23-47(39)43-27-31-55-51(35-43)49-33-41(25-29-53(49)57-55)45-21-9-5-17-37(45)13-1/h5-12,17-36,57-58H. The molecule has 0 aliphatic heterocycles. The number of rotatable bonds is 0. The molecule has 8 aromatic carbocycles. The largest absolute Gasteiger partial charge is 0.355 e. The van der Waals surface area contributed by atoms with Crippen LogP contribution in [0.3, 0.4) is 0 Å². The summed E-state index contributed by atoms with van der Waals surface area (Å²) in [6.45, 7) is 0. The molecule has 0 unspecified atom stereocenters. The second-order valence-electron chi connectivity index (χ2n) is 14.5. The minimum Gasteiger partial charge on any atom is -0.355 e. The number of hydrogen-bond acceptors (Lipinski definition) is 0. The smallest absolute Gasteiger partial charge is 0.0465 e. The molecule has 2 aromatic heterocycles. The topological polar surface area (TPSA) is 31.6 Å². The van der Waals surface area contributed by atoms with E-state index in [2.05, 4.69) is 203 Å². The van der Waals surface area contributed by atoms with Gasteiger partial charge in [0.15, 0.2) is 0 Å². The van der Waals surface area contributed by atoms with E-state index in [1.54, 1.807) is 0 Å². The van der Waals surface area contributed by atoms with E-state index in [4.69, 9.17) is 0 Å². The summed E-state index contributed by atoms with van der Waals surface area (Å²) in [5.41, 5.74) is 16.7. The molecule has 1 aliphatic carbocycles. The fourth-order valence-electron chi connectivity index (χ4n) is 8.23. The Morgan fingerprint density at radius 2 is 0.500 bits per heavy atom. The number of benzene rings is 8. The van der Waals surface area contributed by atoms with Crippen LogP contribution in [-0.4, -0.2) is 9.97 Å². The Morgan fingerprint density at radius 1 is 0.259 bits per heavy atom. The van der Waals surface area contributed by atoms with E-state index in [-0.39, 0.29) is 0 Å². The van der Waals surface area contributed by atoms with Crippen molar-refractivity contribution in [2.24, 2.45) is 0 Å². The molecule has 10 aromatic rings. The van der Waals surface area contributed by atoms with Crippen molar-refractivity contribution in [1.29, 1.82) is 0 Å². The molecule has 2 heterocycles. The van der Waals surface area contributed by atoms with Gasteiger partial charge in [0.2, 0.25) is 0 Å². The van der Waals surface area contributed by atoms with E-state index in [9.17, 15) is 0 Å². The Morgan fingerprint density at radius 3 is 0.759 bits per heavy atom. The normalized spacial score (nSPS) is 11.4. The van der Waals surface area contributed by atoms with Crippen molar-refractivity contribution in [3.63, 3.8) is 0 Å². The third-order valence-electron chi connectivity index (χ3n) is 11.1. The third kappa shape index (κ3) is 5.79. The minimum absolute atomic E-state index is 0.931. The van der Waals surface area contributed by atoms with Gasteiger partial charge >= 0.3 is 0 Å². The van der Waals surface area contributed by atoms with Crippen LogP contribution < -0.4 is 0 Å². The van der Waals surface area contributed by atoms with Gasteiger partial charge in [-0.05, 0) is 141 Å². The van der Waals surface area contributed by atoms with E-state index >= 15 is 0 Å². The molecule has 2 heteroatoms. The number of nitrogens with one attached hydrogen (secondary N) is 2. The number of hydrogen-bond donors (Lipinski definition) is 2. The van der Waals surface area contributed by atoms with Crippen molar-refractivity contribution in [1.82, 2.24) is 9.97 Å². The van der Waals surface area contributed by atoms with Crippen LogP contribution in [0.1, 0.15) is 22.3 Å². The van der Waals surface area contributed by atoms with Gasteiger partial charge < -0.3 is 9.97 Å². The quantitative estimate of drug-likeness (QED) is 0.146. The Hall–Kier alpha value is -8.40. The van der Waals surface area contributed by atoms with Gasteiger partial charge in [0, 0.05) is 65.9 Å². The maximum absolute atomic E-state index is 3.62. The van der Waals surface area contributed by atoms with Gasteiger partial charge in [-0.2, -0.15) is 0 Å². The predicted molar refractivity (Wildman–Crippen MR) is 241 cm³/mol. The zero-order valence-electron chi connectivity index (χ0n) is 31.2. The van der Waals surface area contributed by atoms with E-state index in [1.807, 2.05) is 24.3 Å². The fraction of sp³-hybridized carbons (Fsp3) is 0. The molecule has 0 radical (unpaired) electrons. The molecule has 8 bridgehead atoms. The van der Waals surface area contributed by atoms with Crippen molar-refractivity contribution in [2.75, 3.05) is 0 Å². The van der Waals surface area contributed by atoms with Crippen LogP contribution in [0.2, 0.25) is 0 Å². The lowest BCUT2D eigenvalue weighted by atomic mass is 9.96. The first kappa shape index (κ1) is 33.0. The van der Waals surface area contributed by atoms with E-state index < -0.39 is 0 Å². The van der Waals surface area contributed by atoms with Gasteiger partial charge in [0.1, 0.15) is 0 Å². The maximum atomic E-state index is 3.62. The highest BCUT2D eigenvalue weighted by Crippen LogP contribution is 2.36. The van der Waals surface area contributed by atoms with E-state index in [0.29, 0.717) is 0 Å². The molecule has 2 nitrogen and oxygen atoms in total. The van der Waals surface area contributed by atoms with Crippen LogP contribution in [0.15, 0.2) is 170 Å². The van der Waals surface area contributed by atoms with Crippen LogP contribution in [0.5, 0.6) is 0 Å². The second-order valence-corrected chi connectivity index (χ2v) is 14.5. The van der Waals surface area contributed by atoms with Gasteiger partial charge in [-0.1, -0.05) is 121 Å². The summed E-state index contributed by atoms with van der Waals surface area (Å²) >= 11 is 0. The molecule has 1 aliphatic rings. The lowest BCUT2D eigenvalue weighted by Gasteiger charge is -2.07. The van der Waals surface area contributed by atoms with Crippen molar-refractivity contribution in [3.05, 3.63) is 192 Å². The molecule has 58 heavy (non-hydrogen) atoms. The molecule has 0 spiro atoms. The Kier molecular flexibility index (Phi) is 7.80. The van der Waals surface area contributed by atoms with E-state index in [1.165, 1.54) is 0 Å².